The monoisotopic (exact) mass is 343 g/mol. The van der Waals surface area contributed by atoms with Crippen molar-refractivity contribution >= 4 is 16.7 Å². The first-order valence-corrected chi connectivity index (χ1v) is 8.14. The van der Waals surface area contributed by atoms with Gasteiger partial charge in [-0.15, -0.1) is 0 Å². The minimum atomic E-state index is -0.156. The van der Waals surface area contributed by atoms with Crippen molar-refractivity contribution < 1.29 is 14.3 Å². The number of ether oxygens (including phenoxy) is 2. The van der Waals surface area contributed by atoms with Gasteiger partial charge in [-0.25, -0.2) is 0 Å². The molecule has 0 N–H and O–H groups in total. The van der Waals surface area contributed by atoms with Crippen molar-refractivity contribution in [2.24, 2.45) is 0 Å². The Bertz CT molecular complexity index is 746. The van der Waals surface area contributed by atoms with Crippen molar-refractivity contribution in [1.29, 1.82) is 0 Å². The molecule has 2 aromatic rings. The summed E-state index contributed by atoms with van der Waals surface area (Å²) in [5.41, 5.74) is 0.578. The average Bonchev–Trinajstić information content (AvgIpc) is 2.60. The summed E-state index contributed by atoms with van der Waals surface area (Å²) in [5.74, 6) is 0.440. The largest absolute Gasteiger partial charge is 0.498 e. The maximum atomic E-state index is 11.2. The van der Waals surface area contributed by atoms with Crippen LogP contribution in [0.1, 0.15) is 45.6 Å². The zero-order chi connectivity index (χ0) is 17.2. The Morgan fingerprint density at radius 3 is 2.72 bits per heavy atom. The van der Waals surface area contributed by atoms with Gasteiger partial charge < -0.3 is 14.7 Å². The number of nitrogens with zero attached hydrogens (tertiary/aromatic N) is 1. The van der Waals surface area contributed by atoms with E-state index in [1.807, 2.05) is 36.4 Å². The maximum Gasteiger partial charge on any atom is 0.341 e. The molecule has 0 bridgehead atoms. The number of fused-ring (bicyclic) bond motifs is 1. The summed E-state index contributed by atoms with van der Waals surface area (Å²) >= 11 is 0. The predicted octanol–water partition coefficient (Wildman–Crippen LogP) is 5.16. The Morgan fingerprint density at radius 1 is 1.16 bits per heavy atom. The molecule has 25 heavy (non-hydrogen) atoms. The molecule has 0 amide bonds. The van der Waals surface area contributed by atoms with Crippen LogP contribution in [0.4, 0.5) is 0 Å². The molecule has 0 saturated carbocycles. The highest BCUT2D eigenvalue weighted by Crippen LogP contribution is 2.27. The van der Waals surface area contributed by atoms with Crippen molar-refractivity contribution in [3.05, 3.63) is 52.2 Å². The predicted molar refractivity (Wildman–Crippen MR) is 101 cm³/mol. The van der Waals surface area contributed by atoms with Crippen LogP contribution in [-0.4, -0.2) is 19.2 Å². The van der Waals surface area contributed by atoms with Crippen LogP contribution < -0.4 is 4.74 Å². The lowest BCUT2D eigenvalue weighted by molar-refractivity contribution is -0.143. The molecule has 0 atom stereocenters. The van der Waals surface area contributed by atoms with Crippen LogP contribution in [0.2, 0.25) is 0 Å². The van der Waals surface area contributed by atoms with Gasteiger partial charge in [-0.2, -0.15) is 0 Å². The van der Waals surface area contributed by atoms with Crippen LogP contribution in [-0.2, 0) is 9.53 Å². The first-order valence-electron chi connectivity index (χ1n) is 8.14. The number of unbranched alkanes of at least 4 members (excludes halogenated alkanes) is 2. The molecule has 0 saturated heterocycles. The molecule has 0 unspecified atom stereocenters. The van der Waals surface area contributed by atoms with Crippen molar-refractivity contribution in [3.63, 3.8) is 0 Å². The number of rotatable bonds is 8. The molecule has 0 fully saturated rings. The number of carbonyl (C=O) groups excluding carboxylic acids is 1. The fraction of sp³-hybridized carbons (Fsp3) is 0.400. The third-order valence-electron chi connectivity index (χ3n) is 3.64. The first kappa shape index (κ1) is 20.3. The maximum absolute atomic E-state index is 11.2. The van der Waals surface area contributed by atoms with Gasteiger partial charge in [-0.1, -0.05) is 37.8 Å². The third-order valence-corrected chi connectivity index (χ3v) is 3.64. The Morgan fingerprint density at radius 2 is 1.96 bits per heavy atom. The van der Waals surface area contributed by atoms with E-state index in [0.29, 0.717) is 30.9 Å². The molecule has 5 heteroatoms. The Hall–Kier alpha value is -2.74. The van der Waals surface area contributed by atoms with Crippen LogP contribution in [0.5, 0.6) is 5.75 Å². The smallest absolute Gasteiger partial charge is 0.341 e. The normalized spacial score (nSPS) is 9.64. The lowest BCUT2D eigenvalue weighted by atomic mass is 10.0. The summed E-state index contributed by atoms with van der Waals surface area (Å²) in [7, 11) is 0. The Kier molecular flexibility index (Phi) is 8.87. The van der Waals surface area contributed by atoms with Gasteiger partial charge in [0.15, 0.2) is 5.56 Å². The van der Waals surface area contributed by atoms with E-state index in [1.54, 1.807) is 6.92 Å². The second kappa shape index (κ2) is 10.9. The van der Waals surface area contributed by atoms with Crippen molar-refractivity contribution in [2.75, 3.05) is 13.2 Å². The number of benzene rings is 2. The molecule has 0 heterocycles. The SMILES string of the molecule is C.CCOC(=O)CCCCCOc1ccc2ccccc2c1C#[N+][O-]. The summed E-state index contributed by atoms with van der Waals surface area (Å²) in [6.45, 7) is 2.73. The standard InChI is InChI=1S/C19H21NO4.CH4/c1-2-23-19(21)10-4-3-7-13-24-18-12-11-15-8-5-6-9-16(15)17(18)14-20-22;/h5-6,8-9,11-12H,2-4,7,10,13H2,1H3;1H4. The summed E-state index contributed by atoms with van der Waals surface area (Å²) in [6.07, 6.45) is 2.91. The van der Waals surface area contributed by atoms with Crippen molar-refractivity contribution in [3.8, 4) is 11.8 Å². The van der Waals surface area contributed by atoms with Crippen LogP contribution in [0.15, 0.2) is 36.4 Å². The fourth-order valence-corrected chi connectivity index (χ4v) is 2.50. The zero-order valence-electron chi connectivity index (χ0n) is 13.8. The average molecular weight is 343 g/mol. The number of hydrogen-bond acceptors (Lipinski definition) is 4. The molecule has 0 aliphatic carbocycles. The summed E-state index contributed by atoms with van der Waals surface area (Å²) in [4.78, 5) is 11.2. The molecule has 0 aliphatic heterocycles. The van der Waals surface area contributed by atoms with Crippen LogP contribution in [0.25, 0.3) is 15.8 Å². The van der Waals surface area contributed by atoms with Gasteiger partial charge in [0, 0.05) is 16.8 Å². The fourth-order valence-electron chi connectivity index (χ4n) is 2.50. The highest BCUT2D eigenvalue weighted by Gasteiger charge is 2.11. The Balaban J connectivity index is 0.00000312. The second-order valence-electron chi connectivity index (χ2n) is 5.33. The number of carbonyl (C=O) groups is 1. The van der Waals surface area contributed by atoms with E-state index in [9.17, 15) is 10.0 Å². The van der Waals surface area contributed by atoms with Crippen molar-refractivity contribution in [1.82, 2.24) is 0 Å². The number of esters is 1. The van der Waals surface area contributed by atoms with Crippen LogP contribution in [0, 0.1) is 11.3 Å². The molecule has 2 rings (SSSR count). The van der Waals surface area contributed by atoms with Crippen LogP contribution in [0.3, 0.4) is 0 Å². The van der Waals surface area contributed by atoms with Gasteiger partial charge in [-0.3, -0.25) is 4.79 Å². The third kappa shape index (κ3) is 6.00. The van der Waals surface area contributed by atoms with Gasteiger partial charge in [0.05, 0.1) is 13.2 Å². The van der Waals surface area contributed by atoms with Gasteiger partial charge in [0.25, 0.3) is 0 Å². The lowest BCUT2D eigenvalue weighted by Gasteiger charge is -2.09. The van der Waals surface area contributed by atoms with E-state index >= 15 is 0 Å². The summed E-state index contributed by atoms with van der Waals surface area (Å²) in [5, 5.41) is 15.3. The molecular formula is C20H25NO4. The molecule has 0 spiro atoms. The highest BCUT2D eigenvalue weighted by molar-refractivity contribution is 5.90. The van der Waals surface area contributed by atoms with Crippen LogP contribution >= 0.6 is 0 Å². The van der Waals surface area contributed by atoms with Gasteiger partial charge >= 0.3 is 12.0 Å². The van der Waals surface area contributed by atoms with E-state index in [-0.39, 0.29) is 13.4 Å². The van der Waals surface area contributed by atoms with E-state index in [1.165, 1.54) is 0 Å². The molecule has 0 aliphatic rings. The van der Waals surface area contributed by atoms with Gasteiger partial charge in [0.2, 0.25) is 0 Å². The van der Waals surface area contributed by atoms with E-state index in [0.717, 1.165) is 30.0 Å². The van der Waals surface area contributed by atoms with E-state index < -0.39 is 0 Å². The minimum Gasteiger partial charge on any atom is -0.498 e. The molecular weight excluding hydrogens is 318 g/mol. The first-order chi connectivity index (χ1) is 11.8. The zero-order valence-corrected chi connectivity index (χ0v) is 13.8. The van der Waals surface area contributed by atoms with E-state index in [4.69, 9.17) is 9.47 Å². The molecule has 5 nitrogen and oxygen atoms in total. The minimum absolute atomic E-state index is 0. The second-order valence-corrected chi connectivity index (χ2v) is 5.33. The quantitative estimate of drug-likeness (QED) is 0.377. The van der Waals surface area contributed by atoms with Gasteiger partial charge in [-0.05, 0) is 37.6 Å². The summed E-state index contributed by atoms with van der Waals surface area (Å²) in [6, 6.07) is 14.0. The topological polar surface area (TPSA) is 63.0 Å². The number of hydrogen-bond donors (Lipinski definition) is 0. The Labute approximate surface area is 149 Å². The van der Waals surface area contributed by atoms with Gasteiger partial charge in [0.1, 0.15) is 5.75 Å². The summed E-state index contributed by atoms with van der Waals surface area (Å²) < 4.78 is 10.7. The molecule has 0 aromatic heterocycles. The molecule has 134 valence electrons. The van der Waals surface area contributed by atoms with E-state index in [2.05, 4.69) is 11.1 Å². The highest BCUT2D eigenvalue weighted by atomic mass is 16.5. The van der Waals surface area contributed by atoms with Crippen molar-refractivity contribution in [2.45, 2.75) is 40.0 Å². The molecule has 0 radical (unpaired) electrons. The molecule has 2 aromatic carbocycles. The lowest BCUT2D eigenvalue weighted by Crippen LogP contribution is -2.04.